The van der Waals surface area contributed by atoms with E-state index >= 15 is 0 Å². The van der Waals surface area contributed by atoms with Crippen LogP contribution >= 0.6 is 0 Å². The van der Waals surface area contributed by atoms with Gasteiger partial charge in [0.2, 0.25) is 0 Å². The van der Waals surface area contributed by atoms with Crippen molar-refractivity contribution in [3.8, 4) is 28.2 Å². The van der Waals surface area contributed by atoms with Crippen molar-refractivity contribution in [1.82, 2.24) is 9.55 Å². The van der Waals surface area contributed by atoms with Gasteiger partial charge in [-0.25, -0.2) is 4.98 Å². The van der Waals surface area contributed by atoms with Crippen LogP contribution in [0.25, 0.3) is 28.2 Å². The predicted molar refractivity (Wildman–Crippen MR) is 125 cm³/mol. The fourth-order valence-corrected chi connectivity index (χ4v) is 4.93. The zero-order valence-corrected chi connectivity index (χ0v) is 18.2. The summed E-state index contributed by atoms with van der Waals surface area (Å²) in [7, 11) is 0. The molecule has 5 rings (SSSR count). The first-order valence-electron chi connectivity index (χ1n) is 10.9. The van der Waals surface area contributed by atoms with Crippen molar-refractivity contribution in [3.63, 3.8) is 0 Å². The molecule has 2 heteroatoms. The largest absolute Gasteiger partial charge is 0.299 e. The van der Waals surface area contributed by atoms with Crippen molar-refractivity contribution in [3.05, 3.63) is 95.3 Å². The number of hydrogen-bond donors (Lipinski definition) is 0. The van der Waals surface area contributed by atoms with Crippen LogP contribution < -0.4 is 0 Å². The highest BCUT2D eigenvalue weighted by Crippen LogP contribution is 2.46. The summed E-state index contributed by atoms with van der Waals surface area (Å²) in [6, 6.07) is 21.8. The van der Waals surface area contributed by atoms with Crippen molar-refractivity contribution in [2.24, 2.45) is 0 Å². The van der Waals surface area contributed by atoms with E-state index in [0.29, 0.717) is 11.8 Å². The highest BCUT2D eigenvalue weighted by atomic mass is 15.1. The van der Waals surface area contributed by atoms with E-state index in [1.807, 2.05) is 6.20 Å². The molecule has 4 aromatic rings. The summed E-state index contributed by atoms with van der Waals surface area (Å²) in [4.78, 5) is 4.76. The summed E-state index contributed by atoms with van der Waals surface area (Å²) >= 11 is 0. The van der Waals surface area contributed by atoms with Gasteiger partial charge in [0.25, 0.3) is 0 Å². The lowest BCUT2D eigenvalue weighted by molar-refractivity contribution is 0.799. The molecule has 30 heavy (non-hydrogen) atoms. The molecule has 1 aliphatic rings. The Morgan fingerprint density at radius 1 is 0.833 bits per heavy atom. The van der Waals surface area contributed by atoms with Gasteiger partial charge < -0.3 is 0 Å². The highest BCUT2D eigenvalue weighted by Gasteiger charge is 2.28. The Hall–Kier alpha value is -3.13. The van der Waals surface area contributed by atoms with Gasteiger partial charge in [-0.3, -0.25) is 4.57 Å². The van der Waals surface area contributed by atoms with Crippen LogP contribution in [0.1, 0.15) is 61.8 Å². The van der Waals surface area contributed by atoms with Crippen molar-refractivity contribution in [1.29, 1.82) is 0 Å². The molecule has 3 aromatic carbocycles. The predicted octanol–water partition coefficient (Wildman–Crippen LogP) is 7.36. The molecule has 0 N–H and O–H groups in total. The third-order valence-corrected chi connectivity index (χ3v) is 6.27. The lowest BCUT2D eigenvalue weighted by Crippen LogP contribution is -2.11. The number of hydrogen-bond acceptors (Lipinski definition) is 1. The summed E-state index contributed by atoms with van der Waals surface area (Å²) in [5.74, 6) is 1.85. The van der Waals surface area contributed by atoms with Crippen molar-refractivity contribution in [2.45, 2.75) is 46.0 Å². The number of fused-ring (bicyclic) bond motifs is 3. The second kappa shape index (κ2) is 7.28. The standard InChI is InChI=1S/C28H28N2/c1-18(2)23-17-24-22-13-9-8-12-21(22)16-25(24)26(19(3)4)27(23)30-15-14-29-28(30)20-10-6-5-7-11-20/h5-15,17-19H,16H2,1-4H3. The Kier molecular flexibility index (Phi) is 4.58. The van der Waals surface area contributed by atoms with Crippen LogP contribution in [0.4, 0.5) is 0 Å². The fourth-order valence-electron chi connectivity index (χ4n) is 4.93. The van der Waals surface area contributed by atoms with Crippen LogP contribution in [0.5, 0.6) is 0 Å². The van der Waals surface area contributed by atoms with E-state index in [-0.39, 0.29) is 0 Å². The van der Waals surface area contributed by atoms with Crippen LogP contribution in [0.15, 0.2) is 73.1 Å². The van der Waals surface area contributed by atoms with Gasteiger partial charge in [-0.2, -0.15) is 0 Å². The molecule has 1 aromatic heterocycles. The number of rotatable bonds is 4. The SMILES string of the molecule is CC(C)c1cc2c(c(C(C)C)c1-n1ccnc1-c1ccccc1)Cc1ccccc1-2. The molecule has 0 amide bonds. The van der Waals surface area contributed by atoms with Crippen LogP contribution in [0.3, 0.4) is 0 Å². The molecule has 0 fully saturated rings. The lowest BCUT2D eigenvalue weighted by atomic mass is 9.85. The zero-order valence-electron chi connectivity index (χ0n) is 18.2. The maximum absolute atomic E-state index is 4.76. The molecule has 2 nitrogen and oxygen atoms in total. The van der Waals surface area contributed by atoms with Gasteiger partial charge in [0, 0.05) is 18.0 Å². The van der Waals surface area contributed by atoms with Crippen LogP contribution in [-0.2, 0) is 6.42 Å². The Morgan fingerprint density at radius 3 is 2.30 bits per heavy atom. The van der Waals surface area contributed by atoms with Gasteiger partial charge in [0.1, 0.15) is 5.82 Å². The third kappa shape index (κ3) is 2.90. The first kappa shape index (κ1) is 18.9. The van der Waals surface area contributed by atoms with E-state index < -0.39 is 0 Å². The normalized spacial score (nSPS) is 12.5. The second-order valence-electron chi connectivity index (χ2n) is 8.88. The van der Waals surface area contributed by atoms with Gasteiger partial charge >= 0.3 is 0 Å². The van der Waals surface area contributed by atoms with Crippen LogP contribution in [-0.4, -0.2) is 9.55 Å². The molecule has 0 unspecified atom stereocenters. The average molecular weight is 393 g/mol. The van der Waals surface area contributed by atoms with Gasteiger partial charge in [0.05, 0.1) is 5.69 Å². The molecule has 0 bridgehead atoms. The van der Waals surface area contributed by atoms with Crippen LogP contribution in [0.2, 0.25) is 0 Å². The number of benzene rings is 3. The molecule has 0 aliphatic heterocycles. The maximum atomic E-state index is 4.76. The van der Waals surface area contributed by atoms with Crippen LogP contribution in [0, 0.1) is 0 Å². The number of nitrogens with zero attached hydrogens (tertiary/aromatic N) is 2. The molecule has 1 aliphatic carbocycles. The maximum Gasteiger partial charge on any atom is 0.144 e. The van der Waals surface area contributed by atoms with Gasteiger partial charge in [-0.1, -0.05) is 82.3 Å². The molecule has 0 saturated carbocycles. The van der Waals surface area contributed by atoms with Gasteiger partial charge in [0.15, 0.2) is 0 Å². The van der Waals surface area contributed by atoms with Crippen molar-refractivity contribution < 1.29 is 0 Å². The molecule has 0 radical (unpaired) electrons. The number of imidazole rings is 1. The molecule has 0 spiro atoms. The molecule has 150 valence electrons. The Balaban J connectivity index is 1.83. The molecular weight excluding hydrogens is 364 g/mol. The minimum atomic E-state index is 0.418. The summed E-state index contributed by atoms with van der Waals surface area (Å²) in [6.45, 7) is 9.25. The van der Waals surface area contributed by atoms with E-state index in [1.54, 1.807) is 0 Å². The van der Waals surface area contributed by atoms with Crippen molar-refractivity contribution >= 4 is 0 Å². The molecular formula is C28H28N2. The van der Waals surface area contributed by atoms with Gasteiger partial charge in [-0.05, 0) is 57.7 Å². The Bertz CT molecular complexity index is 1210. The lowest BCUT2D eigenvalue weighted by Gasteiger charge is -2.25. The van der Waals surface area contributed by atoms with E-state index in [0.717, 1.165) is 17.8 Å². The monoisotopic (exact) mass is 392 g/mol. The van der Waals surface area contributed by atoms with E-state index in [1.165, 1.54) is 39.1 Å². The summed E-state index contributed by atoms with van der Waals surface area (Å²) < 4.78 is 2.32. The Morgan fingerprint density at radius 2 is 1.57 bits per heavy atom. The average Bonchev–Trinajstić information content (AvgIpc) is 3.37. The molecule has 1 heterocycles. The zero-order chi connectivity index (χ0) is 20.8. The van der Waals surface area contributed by atoms with E-state index in [2.05, 4.69) is 99.1 Å². The first-order chi connectivity index (χ1) is 14.6. The topological polar surface area (TPSA) is 17.8 Å². The minimum absolute atomic E-state index is 0.418. The summed E-state index contributed by atoms with van der Waals surface area (Å²) in [5, 5.41) is 0. The smallest absolute Gasteiger partial charge is 0.144 e. The minimum Gasteiger partial charge on any atom is -0.299 e. The van der Waals surface area contributed by atoms with Crippen molar-refractivity contribution in [2.75, 3.05) is 0 Å². The first-order valence-corrected chi connectivity index (χ1v) is 10.9. The van der Waals surface area contributed by atoms with Gasteiger partial charge in [-0.15, -0.1) is 0 Å². The number of aromatic nitrogens is 2. The molecule has 0 atom stereocenters. The van der Waals surface area contributed by atoms with E-state index in [4.69, 9.17) is 4.98 Å². The Labute approximate surface area is 179 Å². The van der Waals surface area contributed by atoms with E-state index in [9.17, 15) is 0 Å². The third-order valence-electron chi connectivity index (χ3n) is 6.27. The summed E-state index contributed by atoms with van der Waals surface area (Å²) in [5.41, 5.74) is 11.1. The highest BCUT2D eigenvalue weighted by molar-refractivity contribution is 5.82. The quantitative estimate of drug-likeness (QED) is 0.312. The fraction of sp³-hybridized carbons (Fsp3) is 0.250. The second-order valence-corrected chi connectivity index (χ2v) is 8.88. The molecule has 0 saturated heterocycles. The summed E-state index contributed by atoms with van der Waals surface area (Å²) in [6.07, 6.45) is 5.07.